The average Bonchev–Trinajstić information content (AvgIpc) is 2.73. The van der Waals surface area contributed by atoms with Crippen molar-refractivity contribution in [1.82, 2.24) is 10.6 Å². The van der Waals surface area contributed by atoms with Gasteiger partial charge in [0.1, 0.15) is 30.5 Å². The summed E-state index contributed by atoms with van der Waals surface area (Å²) in [6, 6.07) is 0. The Morgan fingerprint density at radius 1 is 0.935 bits per heavy atom. The summed E-state index contributed by atoms with van der Waals surface area (Å²) in [7, 11) is 0. The fourth-order valence-electron chi connectivity index (χ4n) is 3.49. The number of aliphatic hydroxyl groups is 6. The van der Waals surface area contributed by atoms with Gasteiger partial charge in [-0.25, -0.2) is 0 Å². The van der Waals surface area contributed by atoms with Crippen LogP contribution in [0, 0.1) is 5.92 Å². The van der Waals surface area contributed by atoms with Crippen LogP contribution in [0.15, 0.2) is 24.4 Å². The maximum Gasteiger partial charge on any atom is 0.187 e. The fourth-order valence-corrected chi connectivity index (χ4v) is 3.49. The van der Waals surface area contributed by atoms with E-state index in [9.17, 15) is 30.6 Å². The lowest BCUT2D eigenvalue weighted by Crippen LogP contribution is -2.64. The van der Waals surface area contributed by atoms with Crippen LogP contribution in [-0.4, -0.2) is 112 Å². The van der Waals surface area contributed by atoms with Gasteiger partial charge in [0.2, 0.25) is 0 Å². The highest BCUT2D eigenvalue weighted by Gasteiger charge is 2.49. The molecule has 2 heterocycles. The van der Waals surface area contributed by atoms with E-state index in [1.54, 1.807) is 6.92 Å². The second kappa shape index (κ2) is 11.7. The number of hydrogen-bond donors (Lipinski definition) is 8. The molecule has 0 spiro atoms. The Balaban J connectivity index is 1.99. The standard InChI is InChI=1S/C20H36N2O9/c1-9(2)11(4)22-6-5-21-7-12-18(15(25)16(26)19(28)29-12)31-20-17(27)14(24)10(3)13(8-23)30-20/h10,12-28H,1,4-8H2,2-3H3/t10-,12-,13-,14+,15-,16-,17-,18-,19+,20-/m1/s1. The zero-order valence-electron chi connectivity index (χ0n) is 17.9. The SMILES string of the molecule is C=C(C)C(=C)NCCNC[C@H]1O[C@H](O)[C@H](O)[C@@H](O)[C@@H]1O[C@H]1O[C@H](CO)[C@@H](C)[C@H](O)[C@H]1O. The van der Waals surface area contributed by atoms with E-state index in [-0.39, 0.29) is 6.54 Å². The van der Waals surface area contributed by atoms with Crippen LogP contribution in [0.3, 0.4) is 0 Å². The van der Waals surface area contributed by atoms with Crippen LogP contribution >= 0.6 is 0 Å². The van der Waals surface area contributed by atoms with Crippen LogP contribution in [0.2, 0.25) is 0 Å². The Kier molecular flexibility index (Phi) is 9.83. The van der Waals surface area contributed by atoms with Gasteiger partial charge in [-0.15, -0.1) is 0 Å². The molecule has 11 nitrogen and oxygen atoms in total. The minimum absolute atomic E-state index is 0.137. The third-order valence-electron chi connectivity index (χ3n) is 5.69. The summed E-state index contributed by atoms with van der Waals surface area (Å²) >= 11 is 0. The monoisotopic (exact) mass is 448 g/mol. The molecule has 0 unspecified atom stereocenters. The van der Waals surface area contributed by atoms with Gasteiger partial charge in [0.25, 0.3) is 0 Å². The van der Waals surface area contributed by atoms with Crippen molar-refractivity contribution in [1.29, 1.82) is 0 Å². The van der Waals surface area contributed by atoms with Crippen LogP contribution in [-0.2, 0) is 14.2 Å². The topological polar surface area (TPSA) is 173 Å². The van der Waals surface area contributed by atoms with Gasteiger partial charge >= 0.3 is 0 Å². The molecule has 2 rings (SSSR count). The van der Waals surface area contributed by atoms with Gasteiger partial charge < -0.3 is 55.5 Å². The first kappa shape index (κ1) is 26.1. The van der Waals surface area contributed by atoms with Gasteiger partial charge in [-0.2, -0.15) is 0 Å². The summed E-state index contributed by atoms with van der Waals surface area (Å²) in [6.07, 6.45) is -11.7. The number of aliphatic hydroxyl groups excluding tert-OH is 6. The van der Waals surface area contributed by atoms with E-state index in [0.717, 1.165) is 5.57 Å². The number of rotatable bonds is 10. The molecule has 2 saturated heterocycles. The van der Waals surface area contributed by atoms with Gasteiger partial charge in [0.05, 0.1) is 18.8 Å². The Labute approximate surface area is 181 Å². The Morgan fingerprint density at radius 3 is 2.23 bits per heavy atom. The number of nitrogens with one attached hydrogen (secondary N) is 2. The molecular formula is C20H36N2O9. The molecule has 0 aromatic carbocycles. The van der Waals surface area contributed by atoms with Crippen LogP contribution in [0.1, 0.15) is 13.8 Å². The first-order valence-corrected chi connectivity index (χ1v) is 10.3. The lowest BCUT2D eigenvalue weighted by Gasteiger charge is -2.46. The highest BCUT2D eigenvalue weighted by atomic mass is 16.7. The quantitative estimate of drug-likeness (QED) is 0.128. The molecule has 11 heteroatoms. The van der Waals surface area contributed by atoms with Crippen molar-refractivity contribution in [3.63, 3.8) is 0 Å². The van der Waals surface area contributed by atoms with Crippen molar-refractivity contribution >= 4 is 0 Å². The first-order valence-electron chi connectivity index (χ1n) is 10.3. The summed E-state index contributed by atoms with van der Waals surface area (Å²) in [6.45, 7) is 11.8. The van der Waals surface area contributed by atoms with E-state index >= 15 is 0 Å². The van der Waals surface area contributed by atoms with Crippen molar-refractivity contribution in [2.75, 3.05) is 26.2 Å². The van der Waals surface area contributed by atoms with Gasteiger partial charge in [-0.3, -0.25) is 0 Å². The summed E-state index contributed by atoms with van der Waals surface area (Å²) in [5, 5.41) is 66.5. The van der Waals surface area contributed by atoms with Gasteiger partial charge in [-0.05, 0) is 12.5 Å². The third-order valence-corrected chi connectivity index (χ3v) is 5.69. The first-order chi connectivity index (χ1) is 14.6. The smallest absolute Gasteiger partial charge is 0.187 e. The molecule has 2 aliphatic rings. The van der Waals surface area contributed by atoms with E-state index in [1.165, 1.54) is 0 Å². The zero-order chi connectivity index (χ0) is 23.3. The van der Waals surface area contributed by atoms with E-state index in [0.29, 0.717) is 18.8 Å². The summed E-state index contributed by atoms with van der Waals surface area (Å²) in [4.78, 5) is 0. The number of hydrogen-bond acceptors (Lipinski definition) is 11. The summed E-state index contributed by atoms with van der Waals surface area (Å²) < 4.78 is 16.6. The molecule has 0 aliphatic carbocycles. The maximum atomic E-state index is 10.4. The molecule has 0 amide bonds. The summed E-state index contributed by atoms with van der Waals surface area (Å²) in [5.41, 5.74) is 1.52. The zero-order valence-corrected chi connectivity index (χ0v) is 17.9. The fraction of sp³-hybridized carbons (Fsp3) is 0.800. The molecule has 0 aromatic rings. The lowest BCUT2D eigenvalue weighted by atomic mass is 9.91. The van der Waals surface area contributed by atoms with Crippen LogP contribution in [0.4, 0.5) is 0 Å². The summed E-state index contributed by atoms with van der Waals surface area (Å²) in [5.74, 6) is -0.543. The molecule has 0 bridgehead atoms. The largest absolute Gasteiger partial charge is 0.394 e. The lowest BCUT2D eigenvalue weighted by molar-refractivity contribution is -0.347. The molecule has 180 valence electrons. The second-order valence-electron chi connectivity index (χ2n) is 8.10. The predicted octanol–water partition coefficient (Wildman–Crippen LogP) is -2.85. The highest BCUT2D eigenvalue weighted by molar-refractivity contribution is 5.20. The number of allylic oxidation sites excluding steroid dienone is 1. The molecule has 31 heavy (non-hydrogen) atoms. The molecule has 0 saturated carbocycles. The second-order valence-corrected chi connectivity index (χ2v) is 8.10. The van der Waals surface area contributed by atoms with E-state index in [1.807, 2.05) is 6.92 Å². The van der Waals surface area contributed by atoms with E-state index < -0.39 is 67.8 Å². The third kappa shape index (κ3) is 6.45. The predicted molar refractivity (Wildman–Crippen MR) is 110 cm³/mol. The van der Waals surface area contributed by atoms with Crippen molar-refractivity contribution in [2.45, 2.75) is 69.2 Å². The molecule has 0 aromatic heterocycles. The highest BCUT2D eigenvalue weighted by Crippen LogP contribution is 2.30. The van der Waals surface area contributed by atoms with Gasteiger partial charge in [0, 0.05) is 31.2 Å². The molecular weight excluding hydrogens is 412 g/mol. The van der Waals surface area contributed by atoms with E-state index in [2.05, 4.69) is 23.8 Å². The minimum Gasteiger partial charge on any atom is -0.394 e. The molecule has 8 N–H and O–H groups in total. The van der Waals surface area contributed by atoms with Gasteiger partial charge in [0.15, 0.2) is 12.6 Å². The molecule has 2 aliphatic heterocycles. The molecule has 10 atom stereocenters. The van der Waals surface area contributed by atoms with Crippen molar-refractivity contribution in [3.8, 4) is 0 Å². The van der Waals surface area contributed by atoms with Crippen molar-refractivity contribution < 1.29 is 44.8 Å². The van der Waals surface area contributed by atoms with Gasteiger partial charge in [-0.1, -0.05) is 20.1 Å². The average molecular weight is 449 g/mol. The maximum absolute atomic E-state index is 10.4. The molecule has 2 fully saturated rings. The Morgan fingerprint density at radius 2 is 1.61 bits per heavy atom. The Bertz CT molecular complexity index is 605. The normalized spacial score (nSPS) is 41.0. The van der Waals surface area contributed by atoms with Crippen LogP contribution in [0.25, 0.3) is 0 Å². The number of ether oxygens (including phenoxy) is 3. The van der Waals surface area contributed by atoms with Crippen molar-refractivity contribution in [2.24, 2.45) is 5.92 Å². The molecule has 0 radical (unpaired) electrons. The Hall–Kier alpha value is -1.12. The van der Waals surface area contributed by atoms with Crippen LogP contribution < -0.4 is 10.6 Å². The minimum atomic E-state index is -1.64. The van der Waals surface area contributed by atoms with Crippen molar-refractivity contribution in [3.05, 3.63) is 24.4 Å². The van der Waals surface area contributed by atoms with E-state index in [4.69, 9.17) is 14.2 Å². The van der Waals surface area contributed by atoms with Crippen LogP contribution in [0.5, 0.6) is 0 Å².